The summed E-state index contributed by atoms with van der Waals surface area (Å²) in [5.41, 5.74) is 0.967. The van der Waals surface area contributed by atoms with Crippen LogP contribution in [0.2, 0.25) is 0 Å². The number of nitro groups is 1. The molecule has 0 spiro atoms. The molecule has 1 saturated heterocycles. The molecule has 2 rings (SSSR count). The van der Waals surface area contributed by atoms with Crippen LogP contribution in [0.4, 0.5) is 0 Å². The zero-order chi connectivity index (χ0) is 12.5. The summed E-state index contributed by atoms with van der Waals surface area (Å²) in [7, 11) is 0. The third-order valence-corrected chi connectivity index (χ3v) is 3.43. The van der Waals surface area contributed by atoms with Crippen LogP contribution in [-0.4, -0.2) is 16.5 Å². The van der Waals surface area contributed by atoms with Gasteiger partial charge in [-0.3, -0.25) is 15.4 Å². The molecule has 1 aliphatic rings. The van der Waals surface area contributed by atoms with Crippen molar-refractivity contribution in [3.05, 3.63) is 46.0 Å². The maximum absolute atomic E-state index is 11.1. The predicted molar refractivity (Wildman–Crippen MR) is 66.4 cm³/mol. The highest BCUT2D eigenvalue weighted by Gasteiger charge is 2.41. The first-order valence-electron chi connectivity index (χ1n) is 5.96. The van der Waals surface area contributed by atoms with E-state index in [9.17, 15) is 10.1 Å². The molecule has 0 amide bonds. The molecule has 0 saturated carbocycles. The standard InChI is InChI=1S/C13H18N2O2/c1-13(2)9-8-11(15(16)17)12(14-13)10-6-4-3-5-7-10/h3-7,11-12,14H,8-9H2,1-2H3/t11-,12-/m1/s1. The molecular formula is C13H18N2O2. The minimum Gasteiger partial charge on any atom is -0.299 e. The molecule has 1 aromatic rings. The van der Waals surface area contributed by atoms with Crippen molar-refractivity contribution in [3.63, 3.8) is 0 Å². The van der Waals surface area contributed by atoms with Gasteiger partial charge >= 0.3 is 0 Å². The Bertz CT molecular complexity index is 403. The quantitative estimate of drug-likeness (QED) is 0.632. The molecule has 0 unspecified atom stereocenters. The van der Waals surface area contributed by atoms with Crippen molar-refractivity contribution >= 4 is 0 Å². The average Bonchev–Trinajstić information content (AvgIpc) is 2.28. The molecule has 4 heteroatoms. The second kappa shape index (κ2) is 4.45. The Kier molecular flexibility index (Phi) is 3.15. The maximum Gasteiger partial charge on any atom is 0.232 e. The Morgan fingerprint density at radius 2 is 2.00 bits per heavy atom. The van der Waals surface area contributed by atoms with E-state index < -0.39 is 6.04 Å². The van der Waals surface area contributed by atoms with Crippen molar-refractivity contribution in [2.24, 2.45) is 0 Å². The van der Waals surface area contributed by atoms with Gasteiger partial charge in [0.2, 0.25) is 6.04 Å². The Labute approximate surface area is 101 Å². The van der Waals surface area contributed by atoms with E-state index >= 15 is 0 Å². The van der Waals surface area contributed by atoms with Crippen LogP contribution in [-0.2, 0) is 0 Å². The fraction of sp³-hybridized carbons (Fsp3) is 0.538. The molecule has 92 valence electrons. The minimum absolute atomic E-state index is 0.0347. The van der Waals surface area contributed by atoms with Gasteiger partial charge in [0, 0.05) is 16.9 Å². The van der Waals surface area contributed by atoms with E-state index in [1.54, 1.807) is 0 Å². The zero-order valence-electron chi connectivity index (χ0n) is 10.2. The van der Waals surface area contributed by atoms with Crippen molar-refractivity contribution in [1.29, 1.82) is 0 Å². The molecule has 1 fully saturated rings. The Hall–Kier alpha value is -1.42. The van der Waals surface area contributed by atoms with Crippen molar-refractivity contribution in [3.8, 4) is 0 Å². The summed E-state index contributed by atoms with van der Waals surface area (Å²) in [5.74, 6) is 0. The highest BCUT2D eigenvalue weighted by Crippen LogP contribution is 2.32. The third kappa shape index (κ3) is 2.64. The lowest BCUT2D eigenvalue weighted by atomic mass is 9.83. The van der Waals surface area contributed by atoms with Gasteiger partial charge < -0.3 is 0 Å². The number of benzene rings is 1. The van der Waals surface area contributed by atoms with Crippen molar-refractivity contribution < 1.29 is 4.92 Å². The normalized spacial score (nSPS) is 27.6. The Morgan fingerprint density at radius 3 is 2.59 bits per heavy atom. The van der Waals surface area contributed by atoms with Crippen LogP contribution in [0.25, 0.3) is 0 Å². The van der Waals surface area contributed by atoms with Gasteiger partial charge in [0.05, 0.1) is 0 Å². The number of nitrogens with zero attached hydrogens (tertiary/aromatic N) is 1. The largest absolute Gasteiger partial charge is 0.299 e. The van der Waals surface area contributed by atoms with E-state index in [-0.39, 0.29) is 16.5 Å². The topological polar surface area (TPSA) is 55.2 Å². The Balaban J connectivity index is 2.29. The summed E-state index contributed by atoms with van der Waals surface area (Å²) >= 11 is 0. The molecule has 4 nitrogen and oxygen atoms in total. The van der Waals surface area contributed by atoms with Crippen molar-refractivity contribution in [2.75, 3.05) is 0 Å². The van der Waals surface area contributed by atoms with E-state index in [4.69, 9.17) is 0 Å². The van der Waals surface area contributed by atoms with Gasteiger partial charge in [0.1, 0.15) is 6.04 Å². The number of piperidine rings is 1. The number of hydrogen-bond acceptors (Lipinski definition) is 3. The summed E-state index contributed by atoms with van der Waals surface area (Å²) in [5, 5.41) is 14.5. The van der Waals surface area contributed by atoms with Gasteiger partial charge in [-0.1, -0.05) is 30.3 Å². The summed E-state index contributed by atoms with van der Waals surface area (Å²) < 4.78 is 0. The minimum atomic E-state index is -0.523. The fourth-order valence-electron chi connectivity index (χ4n) is 2.46. The molecule has 1 aromatic carbocycles. The summed E-state index contributed by atoms with van der Waals surface area (Å²) in [6.45, 7) is 4.19. The van der Waals surface area contributed by atoms with Crippen LogP contribution in [0.15, 0.2) is 30.3 Å². The van der Waals surface area contributed by atoms with Gasteiger partial charge in [0.25, 0.3) is 0 Å². The molecule has 0 bridgehead atoms. The Morgan fingerprint density at radius 1 is 1.35 bits per heavy atom. The lowest BCUT2D eigenvalue weighted by Gasteiger charge is -2.38. The summed E-state index contributed by atoms with van der Waals surface area (Å²) in [6.07, 6.45) is 1.47. The first kappa shape index (κ1) is 12.0. The molecule has 0 radical (unpaired) electrons. The summed E-state index contributed by atoms with van der Waals surface area (Å²) in [4.78, 5) is 11.0. The van der Waals surface area contributed by atoms with Gasteiger partial charge in [-0.15, -0.1) is 0 Å². The van der Waals surface area contributed by atoms with Gasteiger partial charge in [-0.2, -0.15) is 0 Å². The van der Waals surface area contributed by atoms with Crippen LogP contribution in [0.3, 0.4) is 0 Å². The predicted octanol–water partition coefficient (Wildman–Crippen LogP) is 2.54. The van der Waals surface area contributed by atoms with Gasteiger partial charge in [0.15, 0.2) is 0 Å². The fourth-order valence-corrected chi connectivity index (χ4v) is 2.46. The van der Waals surface area contributed by atoms with Gasteiger partial charge in [-0.25, -0.2) is 0 Å². The van der Waals surface area contributed by atoms with E-state index in [0.717, 1.165) is 12.0 Å². The summed E-state index contributed by atoms with van der Waals surface area (Å²) in [6, 6.07) is 8.98. The second-order valence-electron chi connectivity index (χ2n) is 5.31. The number of hydrogen-bond donors (Lipinski definition) is 1. The van der Waals surface area contributed by atoms with Crippen molar-refractivity contribution in [2.45, 2.75) is 44.3 Å². The van der Waals surface area contributed by atoms with Crippen LogP contribution >= 0.6 is 0 Å². The first-order chi connectivity index (χ1) is 7.99. The highest BCUT2D eigenvalue weighted by molar-refractivity contribution is 5.21. The van der Waals surface area contributed by atoms with Crippen molar-refractivity contribution in [1.82, 2.24) is 5.32 Å². The highest BCUT2D eigenvalue weighted by atomic mass is 16.6. The maximum atomic E-state index is 11.1. The molecule has 17 heavy (non-hydrogen) atoms. The molecule has 0 aromatic heterocycles. The second-order valence-corrected chi connectivity index (χ2v) is 5.31. The molecule has 0 aliphatic carbocycles. The van der Waals surface area contributed by atoms with Crippen LogP contribution < -0.4 is 5.32 Å². The smallest absolute Gasteiger partial charge is 0.232 e. The molecular weight excluding hydrogens is 216 g/mol. The van der Waals surface area contributed by atoms with E-state index in [2.05, 4.69) is 19.2 Å². The number of rotatable bonds is 2. The van der Waals surface area contributed by atoms with Crippen LogP contribution in [0.1, 0.15) is 38.3 Å². The van der Waals surface area contributed by atoms with E-state index in [1.807, 2.05) is 30.3 Å². The van der Waals surface area contributed by atoms with Crippen LogP contribution in [0.5, 0.6) is 0 Å². The third-order valence-electron chi connectivity index (χ3n) is 3.43. The van der Waals surface area contributed by atoms with E-state index in [0.29, 0.717) is 6.42 Å². The molecule has 1 heterocycles. The van der Waals surface area contributed by atoms with Gasteiger partial charge in [-0.05, 0) is 25.8 Å². The van der Waals surface area contributed by atoms with E-state index in [1.165, 1.54) is 0 Å². The number of nitrogens with one attached hydrogen (secondary N) is 1. The SMILES string of the molecule is CC1(C)CC[C@@H]([N+](=O)[O-])[C@@H](c2ccccc2)N1. The molecule has 1 N–H and O–H groups in total. The van der Waals surface area contributed by atoms with Crippen LogP contribution in [0, 0.1) is 10.1 Å². The first-order valence-corrected chi connectivity index (χ1v) is 5.96. The lowest BCUT2D eigenvalue weighted by Crippen LogP contribution is -2.52. The average molecular weight is 234 g/mol. The zero-order valence-corrected chi connectivity index (χ0v) is 10.2. The lowest BCUT2D eigenvalue weighted by molar-refractivity contribution is -0.532. The monoisotopic (exact) mass is 234 g/mol. The molecule has 1 aliphatic heterocycles. The molecule has 2 atom stereocenters.